The van der Waals surface area contributed by atoms with Gasteiger partial charge >= 0.3 is 0 Å². The summed E-state index contributed by atoms with van der Waals surface area (Å²) in [6, 6.07) is 25.2. The molecule has 0 aliphatic carbocycles. The van der Waals surface area contributed by atoms with Crippen LogP contribution < -0.4 is 24.3 Å². The van der Waals surface area contributed by atoms with Crippen LogP contribution in [0.5, 0.6) is 23.0 Å². The third-order valence-electron chi connectivity index (χ3n) is 5.81. The molecule has 6 nitrogen and oxygen atoms in total. The van der Waals surface area contributed by atoms with Crippen molar-refractivity contribution in [1.82, 2.24) is 5.32 Å². The molecule has 0 heterocycles. The van der Waals surface area contributed by atoms with Gasteiger partial charge in [-0.25, -0.2) is 0 Å². The van der Waals surface area contributed by atoms with Crippen molar-refractivity contribution in [1.29, 1.82) is 0 Å². The molecular formula is C29H29NO5. The van der Waals surface area contributed by atoms with Crippen molar-refractivity contribution in [2.45, 2.75) is 13.0 Å². The minimum atomic E-state index is -0.153. The maximum Gasteiger partial charge on any atom is 0.251 e. The van der Waals surface area contributed by atoms with E-state index in [9.17, 15) is 4.79 Å². The molecule has 6 heteroatoms. The molecule has 35 heavy (non-hydrogen) atoms. The summed E-state index contributed by atoms with van der Waals surface area (Å²) < 4.78 is 22.1. The molecule has 0 radical (unpaired) electrons. The number of fused-ring (bicyclic) bond motifs is 1. The number of hydrogen-bond donors (Lipinski definition) is 1. The molecule has 0 fully saturated rings. The van der Waals surface area contributed by atoms with Crippen molar-refractivity contribution in [2.75, 3.05) is 27.9 Å². The first-order valence-electron chi connectivity index (χ1n) is 11.4. The zero-order valence-corrected chi connectivity index (χ0v) is 20.2. The van der Waals surface area contributed by atoms with E-state index in [-0.39, 0.29) is 12.5 Å². The second-order valence-electron chi connectivity index (χ2n) is 8.02. The minimum Gasteiger partial charge on any atom is -0.496 e. The summed E-state index contributed by atoms with van der Waals surface area (Å²) in [5.74, 6) is 2.63. The quantitative estimate of drug-likeness (QED) is 0.335. The predicted molar refractivity (Wildman–Crippen MR) is 137 cm³/mol. The number of benzene rings is 4. The molecule has 0 aliphatic rings. The highest BCUT2D eigenvalue weighted by Crippen LogP contribution is 2.28. The topological polar surface area (TPSA) is 66.0 Å². The highest BCUT2D eigenvalue weighted by molar-refractivity contribution is 5.94. The van der Waals surface area contributed by atoms with Crippen molar-refractivity contribution < 1.29 is 23.7 Å². The minimum absolute atomic E-state index is 0.153. The molecular weight excluding hydrogens is 442 g/mol. The average Bonchev–Trinajstić information content (AvgIpc) is 2.91. The maximum atomic E-state index is 12.8. The Morgan fingerprint density at radius 1 is 0.743 bits per heavy atom. The molecule has 1 N–H and O–H groups in total. The molecule has 4 aromatic rings. The smallest absolute Gasteiger partial charge is 0.251 e. The van der Waals surface area contributed by atoms with E-state index in [1.54, 1.807) is 33.5 Å². The third-order valence-corrected chi connectivity index (χ3v) is 5.81. The van der Waals surface area contributed by atoms with Gasteiger partial charge in [0.2, 0.25) is 0 Å². The fourth-order valence-corrected chi connectivity index (χ4v) is 3.91. The van der Waals surface area contributed by atoms with Gasteiger partial charge in [0, 0.05) is 17.7 Å². The van der Waals surface area contributed by atoms with Crippen LogP contribution in [0.1, 0.15) is 21.5 Å². The largest absolute Gasteiger partial charge is 0.496 e. The molecule has 0 saturated heterocycles. The van der Waals surface area contributed by atoms with E-state index in [2.05, 4.69) is 17.4 Å². The molecule has 0 saturated carbocycles. The van der Waals surface area contributed by atoms with Gasteiger partial charge in [0.05, 0.1) is 21.3 Å². The number of methoxy groups -OCH3 is 3. The van der Waals surface area contributed by atoms with Crippen LogP contribution in [0.4, 0.5) is 0 Å². The first-order chi connectivity index (χ1) is 17.1. The van der Waals surface area contributed by atoms with E-state index in [0.29, 0.717) is 35.8 Å². The standard InChI is InChI=1S/C29H29NO5/c1-32-26-13-10-23(29(31)30-15-14-20-8-12-27(33-2)28(16-20)34-3)17-24(26)19-35-25-11-9-21-6-4-5-7-22(21)18-25/h4-13,16-18H,14-15,19H2,1-3H3,(H,30,31). The molecule has 0 unspecified atom stereocenters. The molecule has 0 atom stereocenters. The van der Waals surface area contributed by atoms with Crippen LogP contribution in [0.15, 0.2) is 78.9 Å². The number of nitrogens with one attached hydrogen (secondary N) is 1. The summed E-state index contributed by atoms with van der Waals surface area (Å²) >= 11 is 0. The van der Waals surface area contributed by atoms with Crippen LogP contribution in [0, 0.1) is 0 Å². The lowest BCUT2D eigenvalue weighted by Gasteiger charge is -2.13. The van der Waals surface area contributed by atoms with Crippen LogP contribution in [0.2, 0.25) is 0 Å². The summed E-state index contributed by atoms with van der Waals surface area (Å²) in [7, 11) is 4.82. The monoisotopic (exact) mass is 471 g/mol. The Morgan fingerprint density at radius 3 is 2.26 bits per heavy atom. The molecule has 0 aromatic heterocycles. The SMILES string of the molecule is COc1ccc(C(=O)NCCc2ccc(OC)c(OC)c2)cc1COc1ccc2ccccc2c1. The van der Waals surface area contributed by atoms with Gasteiger partial charge < -0.3 is 24.3 Å². The van der Waals surface area contributed by atoms with E-state index < -0.39 is 0 Å². The van der Waals surface area contributed by atoms with E-state index in [0.717, 1.165) is 27.6 Å². The molecule has 1 amide bonds. The van der Waals surface area contributed by atoms with E-state index >= 15 is 0 Å². The lowest BCUT2D eigenvalue weighted by molar-refractivity contribution is 0.0954. The number of hydrogen-bond acceptors (Lipinski definition) is 5. The highest BCUT2D eigenvalue weighted by atomic mass is 16.5. The highest BCUT2D eigenvalue weighted by Gasteiger charge is 2.12. The van der Waals surface area contributed by atoms with Crippen molar-refractivity contribution in [3.63, 3.8) is 0 Å². The number of rotatable bonds is 10. The second-order valence-corrected chi connectivity index (χ2v) is 8.02. The molecule has 180 valence electrons. The van der Waals surface area contributed by atoms with Gasteiger partial charge in [0.25, 0.3) is 5.91 Å². The first kappa shape index (κ1) is 24.0. The van der Waals surface area contributed by atoms with E-state index in [1.807, 2.05) is 54.6 Å². The van der Waals surface area contributed by atoms with Gasteiger partial charge in [0.15, 0.2) is 11.5 Å². The number of ether oxygens (including phenoxy) is 4. The number of amides is 1. The van der Waals surface area contributed by atoms with Crippen molar-refractivity contribution in [2.24, 2.45) is 0 Å². The summed E-state index contributed by atoms with van der Waals surface area (Å²) in [5, 5.41) is 5.25. The Hall–Kier alpha value is -4.19. The van der Waals surface area contributed by atoms with Gasteiger partial charge in [-0.15, -0.1) is 0 Å². The zero-order chi connectivity index (χ0) is 24.6. The first-order valence-corrected chi connectivity index (χ1v) is 11.4. The normalized spacial score (nSPS) is 10.6. The lowest BCUT2D eigenvalue weighted by atomic mass is 10.1. The Labute approximate surface area is 205 Å². The average molecular weight is 472 g/mol. The summed E-state index contributed by atoms with van der Waals surface area (Å²) in [4.78, 5) is 12.8. The van der Waals surface area contributed by atoms with Crippen LogP contribution in [0.25, 0.3) is 10.8 Å². The summed E-state index contributed by atoms with van der Waals surface area (Å²) in [5.41, 5.74) is 2.39. The number of carbonyl (C=O) groups excluding carboxylic acids is 1. The molecule has 0 bridgehead atoms. The van der Waals surface area contributed by atoms with Crippen LogP contribution in [-0.2, 0) is 13.0 Å². The fraction of sp³-hybridized carbons (Fsp3) is 0.207. The van der Waals surface area contributed by atoms with Gasteiger partial charge in [-0.2, -0.15) is 0 Å². The van der Waals surface area contributed by atoms with Gasteiger partial charge in [-0.3, -0.25) is 4.79 Å². The van der Waals surface area contributed by atoms with Crippen LogP contribution in [-0.4, -0.2) is 33.8 Å². The van der Waals surface area contributed by atoms with Crippen molar-refractivity contribution >= 4 is 16.7 Å². The Bertz CT molecular complexity index is 1320. The predicted octanol–water partition coefficient (Wildman–Crippen LogP) is 5.42. The molecule has 0 spiro atoms. The molecule has 0 aliphatic heterocycles. The van der Waals surface area contributed by atoms with Gasteiger partial charge in [-0.1, -0.05) is 36.4 Å². The lowest BCUT2D eigenvalue weighted by Crippen LogP contribution is -2.25. The zero-order valence-electron chi connectivity index (χ0n) is 20.2. The van der Waals surface area contributed by atoms with E-state index in [4.69, 9.17) is 18.9 Å². The van der Waals surface area contributed by atoms with E-state index in [1.165, 1.54) is 0 Å². The third kappa shape index (κ3) is 5.84. The van der Waals surface area contributed by atoms with Crippen molar-refractivity contribution in [3.05, 3.63) is 95.6 Å². The van der Waals surface area contributed by atoms with Gasteiger partial charge in [-0.05, 0) is 65.2 Å². The molecule has 4 aromatic carbocycles. The summed E-state index contributed by atoms with van der Waals surface area (Å²) in [6.07, 6.45) is 0.667. The van der Waals surface area contributed by atoms with Crippen molar-refractivity contribution in [3.8, 4) is 23.0 Å². The number of carbonyl (C=O) groups is 1. The Balaban J connectivity index is 1.39. The van der Waals surface area contributed by atoms with Gasteiger partial charge in [0.1, 0.15) is 18.1 Å². The van der Waals surface area contributed by atoms with Crippen LogP contribution in [0.3, 0.4) is 0 Å². The Morgan fingerprint density at radius 2 is 1.49 bits per heavy atom. The van der Waals surface area contributed by atoms with Crippen LogP contribution >= 0.6 is 0 Å². The Kier molecular flexibility index (Phi) is 7.73. The second kappa shape index (κ2) is 11.3. The maximum absolute atomic E-state index is 12.8. The summed E-state index contributed by atoms with van der Waals surface area (Å²) in [6.45, 7) is 0.775. The fourth-order valence-electron chi connectivity index (χ4n) is 3.91. The molecule has 4 rings (SSSR count).